The molecule has 2 aromatic rings. The maximum Gasteiger partial charge on any atom is 0.573 e. The summed E-state index contributed by atoms with van der Waals surface area (Å²) in [5.41, 5.74) is -2.63. The molecule has 0 radical (unpaired) electrons. The van der Waals surface area contributed by atoms with Gasteiger partial charge in [0.2, 0.25) is 17.7 Å². The van der Waals surface area contributed by atoms with E-state index in [2.05, 4.69) is 4.74 Å². The molecule has 190 valence electrons. The average Bonchev–Trinajstić information content (AvgIpc) is 3.32. The molecule has 12 heteroatoms. The fourth-order valence-electron chi connectivity index (χ4n) is 5.59. The number of hydrogen-bond acceptors (Lipinski definition) is 5. The smallest absolute Gasteiger partial charge is 0.406 e. The lowest BCUT2D eigenvalue weighted by Gasteiger charge is -2.35. The third kappa shape index (κ3) is 3.57. The van der Waals surface area contributed by atoms with E-state index in [1.807, 2.05) is 0 Å². The minimum absolute atomic E-state index is 0.178. The van der Waals surface area contributed by atoms with E-state index in [9.17, 15) is 27.6 Å². The van der Waals surface area contributed by atoms with Gasteiger partial charge in [-0.05, 0) is 42.8 Å². The Morgan fingerprint density at radius 3 is 2.14 bits per heavy atom. The minimum Gasteiger partial charge on any atom is -0.406 e. The Morgan fingerprint density at radius 1 is 1.06 bits per heavy atom. The number of alkyl halides is 3. The molecule has 3 fully saturated rings. The first-order chi connectivity index (χ1) is 16.9. The van der Waals surface area contributed by atoms with Crippen LogP contribution in [0.1, 0.15) is 12.5 Å². The Labute approximate surface area is 213 Å². The fraction of sp³-hybridized carbons (Fsp3) is 0.375. The summed E-state index contributed by atoms with van der Waals surface area (Å²) in [4.78, 5) is 43.9. The fourth-order valence-corrected chi connectivity index (χ4v) is 6.10. The second-order valence-electron chi connectivity index (χ2n) is 9.03. The van der Waals surface area contributed by atoms with Crippen LogP contribution in [-0.4, -0.2) is 55.3 Å². The molecule has 1 aliphatic carbocycles. The van der Waals surface area contributed by atoms with Gasteiger partial charge < -0.3 is 14.4 Å². The van der Waals surface area contributed by atoms with Gasteiger partial charge in [-0.25, -0.2) is 4.90 Å². The van der Waals surface area contributed by atoms with Gasteiger partial charge in [-0.15, -0.1) is 13.2 Å². The highest BCUT2D eigenvalue weighted by molar-refractivity contribution is 6.37. The highest BCUT2D eigenvalue weighted by Gasteiger charge is 2.90. The number of amides is 3. The summed E-state index contributed by atoms with van der Waals surface area (Å²) in [7, 11) is 0. The van der Waals surface area contributed by atoms with Gasteiger partial charge in [0.05, 0.1) is 30.2 Å². The molecule has 7 nitrogen and oxygen atoms in total. The molecular formula is C24H19Cl2F3N2O5. The number of carbonyl (C=O) groups excluding carboxylic acids is 3. The van der Waals surface area contributed by atoms with Gasteiger partial charge in [0.1, 0.15) is 11.2 Å². The topological polar surface area (TPSA) is 76.2 Å². The van der Waals surface area contributed by atoms with E-state index in [0.717, 1.165) is 17.0 Å². The van der Waals surface area contributed by atoms with E-state index in [1.54, 1.807) is 0 Å². The molecule has 2 saturated heterocycles. The summed E-state index contributed by atoms with van der Waals surface area (Å²) in [6.07, 6.45) is -4.89. The first-order valence-electron chi connectivity index (χ1n) is 11.0. The van der Waals surface area contributed by atoms with Gasteiger partial charge in [-0.1, -0.05) is 35.3 Å². The maximum atomic E-state index is 14.0. The van der Waals surface area contributed by atoms with Gasteiger partial charge in [0.15, 0.2) is 0 Å². The largest absolute Gasteiger partial charge is 0.573 e. The van der Waals surface area contributed by atoms with Crippen molar-refractivity contribution in [2.75, 3.05) is 31.2 Å². The number of imide groups is 1. The number of fused-ring (bicyclic) bond motifs is 1. The second kappa shape index (κ2) is 8.36. The number of carbonyl (C=O) groups is 3. The van der Waals surface area contributed by atoms with E-state index in [0.29, 0.717) is 0 Å². The summed E-state index contributed by atoms with van der Waals surface area (Å²) < 4.78 is 47.3. The number of piperidine rings is 1. The number of morpholine rings is 1. The van der Waals surface area contributed by atoms with Crippen molar-refractivity contribution in [2.45, 2.75) is 18.7 Å². The van der Waals surface area contributed by atoms with Crippen LogP contribution in [0.25, 0.3) is 0 Å². The zero-order valence-electron chi connectivity index (χ0n) is 18.8. The Balaban J connectivity index is 1.58. The molecule has 3 amide bonds. The predicted molar refractivity (Wildman–Crippen MR) is 123 cm³/mol. The average molecular weight is 543 g/mol. The van der Waals surface area contributed by atoms with Gasteiger partial charge >= 0.3 is 6.36 Å². The van der Waals surface area contributed by atoms with Crippen molar-refractivity contribution in [3.63, 3.8) is 0 Å². The maximum absolute atomic E-state index is 14.0. The highest BCUT2D eigenvalue weighted by atomic mass is 35.5. The lowest BCUT2D eigenvalue weighted by atomic mass is 9.83. The van der Waals surface area contributed by atoms with E-state index in [-0.39, 0.29) is 47.6 Å². The number of ether oxygens (including phenoxy) is 2. The third-order valence-corrected chi connectivity index (χ3v) is 7.58. The Kier molecular flexibility index (Phi) is 5.77. The minimum atomic E-state index is -4.89. The Hall–Kier alpha value is -2.82. The SMILES string of the molecule is C[C@]12C(=O)N(c3cc(Cl)cc(Cl)c3)C(=O)[C@H]1[C@@]2(C(=O)N1CCOCC1)c1ccc(OC(F)(F)F)cc1. The molecular weight excluding hydrogens is 524 g/mol. The van der Waals surface area contributed by atoms with E-state index in [4.69, 9.17) is 27.9 Å². The zero-order chi connectivity index (χ0) is 26.0. The number of hydrogen-bond donors (Lipinski definition) is 0. The molecule has 0 unspecified atom stereocenters. The number of anilines is 1. The van der Waals surface area contributed by atoms with Crippen molar-refractivity contribution in [3.8, 4) is 5.75 Å². The second-order valence-corrected chi connectivity index (χ2v) is 9.90. The van der Waals surface area contributed by atoms with Crippen LogP contribution < -0.4 is 9.64 Å². The van der Waals surface area contributed by atoms with Crippen molar-refractivity contribution >= 4 is 46.6 Å². The van der Waals surface area contributed by atoms with Crippen LogP contribution in [0.4, 0.5) is 18.9 Å². The van der Waals surface area contributed by atoms with Crippen LogP contribution in [0.5, 0.6) is 5.75 Å². The molecule has 0 spiro atoms. The van der Waals surface area contributed by atoms with Crippen LogP contribution in [0.15, 0.2) is 42.5 Å². The third-order valence-electron chi connectivity index (χ3n) is 7.15. The predicted octanol–water partition coefficient (Wildman–Crippen LogP) is 4.20. The number of benzene rings is 2. The molecule has 2 aromatic carbocycles. The van der Waals surface area contributed by atoms with Crippen molar-refractivity contribution in [1.82, 2.24) is 4.90 Å². The van der Waals surface area contributed by atoms with Crippen LogP contribution in [0, 0.1) is 11.3 Å². The summed E-state index contributed by atoms with van der Waals surface area (Å²) in [5, 5.41) is 0.444. The standard InChI is InChI=1S/C24H19Cl2F3N2O5/c1-22-18(19(32)31(20(22)33)16-11-14(25)10-15(26)12-16)23(22,21(34)30-6-8-35-9-7-30)13-2-4-17(5-3-13)36-24(27,28)29/h2-5,10-12,18H,6-9H2,1H3/t18-,22-,23-/m1/s1. The highest BCUT2D eigenvalue weighted by Crippen LogP contribution is 2.74. The molecule has 0 aromatic heterocycles. The summed E-state index contributed by atoms with van der Waals surface area (Å²) in [6.45, 7) is 2.62. The Morgan fingerprint density at radius 2 is 1.64 bits per heavy atom. The molecule has 2 aliphatic heterocycles. The van der Waals surface area contributed by atoms with E-state index < -0.39 is 46.6 Å². The van der Waals surface area contributed by atoms with Gasteiger partial charge in [0, 0.05) is 23.1 Å². The summed E-state index contributed by atoms with van der Waals surface area (Å²) >= 11 is 12.1. The van der Waals surface area contributed by atoms with Crippen molar-refractivity contribution < 1.29 is 37.0 Å². The molecule has 0 N–H and O–H groups in total. The van der Waals surface area contributed by atoms with Crippen molar-refractivity contribution in [1.29, 1.82) is 0 Å². The molecule has 5 rings (SSSR count). The quantitative estimate of drug-likeness (QED) is 0.541. The first kappa shape index (κ1) is 24.9. The van der Waals surface area contributed by atoms with Crippen molar-refractivity contribution in [3.05, 3.63) is 58.1 Å². The first-order valence-corrected chi connectivity index (χ1v) is 11.7. The molecule has 2 heterocycles. The molecule has 36 heavy (non-hydrogen) atoms. The molecule has 1 saturated carbocycles. The molecule has 0 bridgehead atoms. The van der Waals surface area contributed by atoms with Gasteiger partial charge in [-0.3, -0.25) is 14.4 Å². The van der Waals surface area contributed by atoms with Crippen LogP contribution >= 0.6 is 23.2 Å². The number of halogens is 5. The van der Waals surface area contributed by atoms with Crippen LogP contribution in [0.2, 0.25) is 10.0 Å². The van der Waals surface area contributed by atoms with E-state index >= 15 is 0 Å². The summed E-state index contributed by atoms with van der Waals surface area (Å²) in [5.74, 6) is -3.23. The molecule has 3 atom stereocenters. The normalized spacial score (nSPS) is 27.8. The van der Waals surface area contributed by atoms with Crippen molar-refractivity contribution in [2.24, 2.45) is 11.3 Å². The molecule has 3 aliphatic rings. The van der Waals surface area contributed by atoms with Gasteiger partial charge in [-0.2, -0.15) is 0 Å². The van der Waals surface area contributed by atoms with E-state index in [1.165, 1.54) is 42.2 Å². The lowest BCUT2D eigenvalue weighted by molar-refractivity contribution is -0.274. The summed E-state index contributed by atoms with van der Waals surface area (Å²) in [6, 6.07) is 9.03. The van der Waals surface area contributed by atoms with Crippen LogP contribution in [0.3, 0.4) is 0 Å². The zero-order valence-corrected chi connectivity index (χ0v) is 20.3. The monoisotopic (exact) mass is 542 g/mol. The van der Waals surface area contributed by atoms with Gasteiger partial charge in [0.25, 0.3) is 0 Å². The lowest BCUT2D eigenvalue weighted by Crippen LogP contribution is -2.52. The number of nitrogens with zero attached hydrogens (tertiary/aromatic N) is 2. The Bertz CT molecular complexity index is 1250. The number of rotatable bonds is 4. The van der Waals surface area contributed by atoms with Crippen LogP contribution in [-0.2, 0) is 24.5 Å².